The van der Waals surface area contributed by atoms with Crippen molar-refractivity contribution >= 4 is 12.4 Å². The molecule has 0 amide bonds. The molecule has 0 fully saturated rings. The van der Waals surface area contributed by atoms with Crippen LogP contribution in [0.25, 0.3) is 0 Å². The highest BCUT2D eigenvalue weighted by molar-refractivity contribution is 5.85. The largest absolute Gasteiger partial charge is 0.492 e. The molecular weight excluding hydrogens is 248 g/mol. The van der Waals surface area contributed by atoms with Gasteiger partial charge in [-0.15, -0.1) is 12.4 Å². The molecule has 2 N–H and O–H groups in total. The molecule has 0 saturated heterocycles. The summed E-state index contributed by atoms with van der Waals surface area (Å²) in [5.41, 5.74) is 6.93. The van der Waals surface area contributed by atoms with E-state index in [4.69, 9.17) is 10.5 Å². The second-order valence-electron chi connectivity index (χ2n) is 4.23. The van der Waals surface area contributed by atoms with E-state index in [0.717, 1.165) is 37.6 Å². The minimum atomic E-state index is 0. The van der Waals surface area contributed by atoms with Gasteiger partial charge in [0.15, 0.2) is 0 Å². The predicted octanol–water partition coefficient (Wildman–Crippen LogP) is 2.85. The molecule has 0 aliphatic carbocycles. The quantitative estimate of drug-likeness (QED) is 0.830. The Morgan fingerprint density at radius 2 is 1.72 bits per heavy atom. The van der Waals surface area contributed by atoms with Crippen molar-refractivity contribution in [1.82, 2.24) is 4.90 Å². The van der Waals surface area contributed by atoms with Crippen LogP contribution in [0.5, 0.6) is 5.75 Å². The SMILES string of the molecule is CCN(CC)CCOc1ccc([C@H](C)N)cc1.Cl. The van der Waals surface area contributed by atoms with E-state index in [1.54, 1.807) is 0 Å². The van der Waals surface area contributed by atoms with Gasteiger partial charge in [0, 0.05) is 12.6 Å². The first-order chi connectivity index (χ1) is 8.17. The predicted molar refractivity (Wildman–Crippen MR) is 79.6 cm³/mol. The van der Waals surface area contributed by atoms with Gasteiger partial charge in [0.2, 0.25) is 0 Å². The molecule has 0 saturated carbocycles. The van der Waals surface area contributed by atoms with Crippen LogP contribution in [-0.2, 0) is 0 Å². The lowest BCUT2D eigenvalue weighted by atomic mass is 10.1. The first-order valence-corrected chi connectivity index (χ1v) is 6.38. The van der Waals surface area contributed by atoms with Gasteiger partial charge in [0.05, 0.1) is 0 Å². The normalized spacial score (nSPS) is 12.1. The van der Waals surface area contributed by atoms with Gasteiger partial charge in [-0.1, -0.05) is 26.0 Å². The van der Waals surface area contributed by atoms with E-state index in [0.29, 0.717) is 0 Å². The van der Waals surface area contributed by atoms with Gasteiger partial charge >= 0.3 is 0 Å². The fraction of sp³-hybridized carbons (Fsp3) is 0.571. The van der Waals surface area contributed by atoms with E-state index in [9.17, 15) is 0 Å². The summed E-state index contributed by atoms with van der Waals surface area (Å²) in [6, 6.07) is 8.11. The van der Waals surface area contributed by atoms with Crippen LogP contribution in [0.3, 0.4) is 0 Å². The molecule has 0 radical (unpaired) electrons. The summed E-state index contributed by atoms with van der Waals surface area (Å²) in [5.74, 6) is 0.918. The molecule has 0 aromatic heterocycles. The van der Waals surface area contributed by atoms with Gasteiger partial charge in [0.25, 0.3) is 0 Å². The van der Waals surface area contributed by atoms with Gasteiger partial charge in [-0.2, -0.15) is 0 Å². The lowest BCUT2D eigenvalue weighted by Gasteiger charge is -2.18. The Morgan fingerprint density at radius 3 is 2.17 bits per heavy atom. The smallest absolute Gasteiger partial charge is 0.119 e. The van der Waals surface area contributed by atoms with Crippen LogP contribution < -0.4 is 10.5 Å². The van der Waals surface area contributed by atoms with E-state index < -0.39 is 0 Å². The van der Waals surface area contributed by atoms with Crippen molar-refractivity contribution in [3.63, 3.8) is 0 Å². The number of hydrogen-bond acceptors (Lipinski definition) is 3. The van der Waals surface area contributed by atoms with Crippen molar-refractivity contribution in [3.8, 4) is 5.75 Å². The third-order valence-electron chi connectivity index (χ3n) is 2.98. The summed E-state index contributed by atoms with van der Waals surface area (Å²) in [6.07, 6.45) is 0. The second kappa shape index (κ2) is 9.20. The van der Waals surface area contributed by atoms with Crippen molar-refractivity contribution < 1.29 is 4.74 Å². The molecule has 0 aliphatic rings. The number of likely N-dealkylation sites (N-methyl/N-ethyl adjacent to an activating group) is 1. The average Bonchev–Trinajstić information content (AvgIpc) is 2.35. The number of hydrogen-bond donors (Lipinski definition) is 1. The third kappa shape index (κ3) is 5.71. The van der Waals surface area contributed by atoms with E-state index in [-0.39, 0.29) is 18.4 Å². The zero-order chi connectivity index (χ0) is 12.7. The summed E-state index contributed by atoms with van der Waals surface area (Å²) in [5, 5.41) is 0. The average molecular weight is 273 g/mol. The first-order valence-electron chi connectivity index (χ1n) is 6.38. The maximum Gasteiger partial charge on any atom is 0.119 e. The van der Waals surface area contributed by atoms with Crippen LogP contribution in [0.4, 0.5) is 0 Å². The second-order valence-corrected chi connectivity index (χ2v) is 4.23. The Morgan fingerprint density at radius 1 is 1.17 bits per heavy atom. The van der Waals surface area contributed by atoms with E-state index in [1.807, 2.05) is 31.2 Å². The molecule has 1 atom stereocenters. The van der Waals surface area contributed by atoms with Crippen molar-refractivity contribution in [3.05, 3.63) is 29.8 Å². The topological polar surface area (TPSA) is 38.5 Å². The summed E-state index contributed by atoms with van der Waals surface area (Å²) in [4.78, 5) is 2.34. The molecule has 0 heterocycles. The van der Waals surface area contributed by atoms with Crippen LogP contribution in [0.1, 0.15) is 32.4 Å². The van der Waals surface area contributed by atoms with Crippen LogP contribution in [-0.4, -0.2) is 31.1 Å². The Labute approximate surface area is 117 Å². The molecule has 0 aliphatic heterocycles. The van der Waals surface area contributed by atoms with Gasteiger partial charge in [-0.05, 0) is 37.7 Å². The maximum absolute atomic E-state index is 5.79. The molecule has 18 heavy (non-hydrogen) atoms. The fourth-order valence-electron chi connectivity index (χ4n) is 1.70. The van der Waals surface area contributed by atoms with Crippen molar-refractivity contribution in [1.29, 1.82) is 0 Å². The Bertz CT molecular complexity index is 310. The number of ether oxygens (including phenoxy) is 1. The number of rotatable bonds is 7. The van der Waals surface area contributed by atoms with Gasteiger partial charge in [-0.3, -0.25) is 0 Å². The molecule has 1 aromatic rings. The zero-order valence-electron chi connectivity index (χ0n) is 11.6. The zero-order valence-corrected chi connectivity index (χ0v) is 12.4. The molecule has 0 unspecified atom stereocenters. The van der Waals surface area contributed by atoms with E-state index >= 15 is 0 Å². The van der Waals surface area contributed by atoms with Gasteiger partial charge in [0.1, 0.15) is 12.4 Å². The summed E-state index contributed by atoms with van der Waals surface area (Å²) < 4.78 is 5.69. The van der Waals surface area contributed by atoms with Crippen molar-refractivity contribution in [2.45, 2.75) is 26.8 Å². The van der Waals surface area contributed by atoms with Crippen LogP contribution in [0.2, 0.25) is 0 Å². The van der Waals surface area contributed by atoms with Crippen molar-refractivity contribution in [2.24, 2.45) is 5.73 Å². The monoisotopic (exact) mass is 272 g/mol. The lowest BCUT2D eigenvalue weighted by molar-refractivity contribution is 0.223. The fourth-order valence-corrected chi connectivity index (χ4v) is 1.70. The first kappa shape index (κ1) is 17.2. The molecule has 3 nitrogen and oxygen atoms in total. The van der Waals surface area contributed by atoms with Crippen molar-refractivity contribution in [2.75, 3.05) is 26.2 Å². The molecule has 0 spiro atoms. The van der Waals surface area contributed by atoms with Gasteiger partial charge < -0.3 is 15.4 Å². The Balaban J connectivity index is 0.00000289. The number of halogens is 1. The summed E-state index contributed by atoms with van der Waals surface area (Å²) in [6.45, 7) is 10.2. The Hall–Kier alpha value is -0.770. The maximum atomic E-state index is 5.79. The van der Waals surface area contributed by atoms with Crippen LogP contribution >= 0.6 is 12.4 Å². The van der Waals surface area contributed by atoms with Crippen LogP contribution in [0.15, 0.2) is 24.3 Å². The van der Waals surface area contributed by atoms with E-state index in [2.05, 4.69) is 18.7 Å². The molecule has 4 heteroatoms. The molecule has 104 valence electrons. The molecule has 1 aromatic carbocycles. The minimum absolute atomic E-state index is 0. The molecule has 1 rings (SSSR count). The molecule has 0 bridgehead atoms. The highest BCUT2D eigenvalue weighted by Gasteiger charge is 2.01. The molecular formula is C14H25ClN2O. The standard InChI is InChI=1S/C14H24N2O.ClH/c1-4-16(5-2)10-11-17-14-8-6-13(7-9-14)12(3)15;/h6-9,12H,4-5,10-11,15H2,1-3H3;1H/t12-;/m0./s1. The van der Waals surface area contributed by atoms with Crippen LogP contribution in [0, 0.1) is 0 Å². The third-order valence-corrected chi connectivity index (χ3v) is 2.98. The van der Waals surface area contributed by atoms with E-state index in [1.165, 1.54) is 0 Å². The minimum Gasteiger partial charge on any atom is -0.492 e. The summed E-state index contributed by atoms with van der Waals surface area (Å²) in [7, 11) is 0. The highest BCUT2D eigenvalue weighted by atomic mass is 35.5. The lowest BCUT2D eigenvalue weighted by Crippen LogP contribution is -2.27. The highest BCUT2D eigenvalue weighted by Crippen LogP contribution is 2.15. The van der Waals surface area contributed by atoms with Gasteiger partial charge in [-0.25, -0.2) is 0 Å². The number of nitrogens with zero attached hydrogens (tertiary/aromatic N) is 1. The summed E-state index contributed by atoms with van der Waals surface area (Å²) >= 11 is 0. The number of benzene rings is 1. The Kier molecular flexibility index (Phi) is 8.81. The number of nitrogens with two attached hydrogens (primary N) is 1.